The molecule has 3 aromatic heterocycles. The molecule has 0 radical (unpaired) electrons. The largest absolute Gasteiger partial charge is 0.321 e. The molecule has 8 nitrogen and oxygen atoms in total. The van der Waals surface area contributed by atoms with Crippen LogP contribution < -0.4 is 5.32 Å². The first-order valence-corrected chi connectivity index (χ1v) is 11.0. The second-order valence-corrected chi connectivity index (χ2v) is 7.55. The highest BCUT2D eigenvalue weighted by Crippen LogP contribution is 2.24. The second-order valence-electron chi connectivity index (χ2n) is 7.55. The number of fused-ring (bicyclic) bond motifs is 1. The Bertz CT molecular complexity index is 1440. The molecule has 0 saturated heterocycles. The number of imidazole rings is 1. The lowest BCUT2D eigenvalue weighted by molar-refractivity contribution is -0.117. The topological polar surface area (TPSA) is 97.4 Å². The van der Waals surface area contributed by atoms with Crippen molar-refractivity contribution in [1.82, 2.24) is 19.5 Å². The van der Waals surface area contributed by atoms with Crippen LogP contribution >= 0.6 is 0 Å². The van der Waals surface area contributed by atoms with Crippen molar-refractivity contribution in [1.29, 1.82) is 0 Å². The number of anilines is 1. The third-order valence-corrected chi connectivity index (χ3v) is 5.18. The number of hydrogen-bond donors (Lipinski definition) is 1. The number of nitrogens with zero attached hydrogens (tertiary/aromatic N) is 6. The van der Waals surface area contributed by atoms with E-state index in [0.29, 0.717) is 17.1 Å². The van der Waals surface area contributed by atoms with Gasteiger partial charge in [0.2, 0.25) is 6.17 Å². The Kier molecular flexibility index (Phi) is 6.43. The predicted octanol–water partition coefficient (Wildman–Crippen LogP) is 4.32. The summed E-state index contributed by atoms with van der Waals surface area (Å²) in [7, 11) is 0. The number of nitrogens with one attached hydrogen (secondary N) is 1. The zero-order chi connectivity index (χ0) is 23.9. The van der Waals surface area contributed by atoms with Gasteiger partial charge in [-0.15, -0.1) is 0 Å². The van der Waals surface area contributed by atoms with Crippen molar-refractivity contribution in [2.75, 3.05) is 5.32 Å². The Morgan fingerprint density at radius 1 is 0.771 bits per heavy atom. The first kappa shape index (κ1) is 21.8. The molecule has 0 atom stereocenters. The van der Waals surface area contributed by atoms with Crippen LogP contribution in [0.5, 0.6) is 0 Å². The molecule has 0 bridgehead atoms. The maximum atomic E-state index is 13.3. The number of hydrogen-bond acceptors (Lipinski definition) is 6. The average molecular weight is 460 g/mol. The number of para-hydroxylation sites is 4. The third-order valence-electron chi connectivity index (χ3n) is 5.18. The van der Waals surface area contributed by atoms with Gasteiger partial charge in [-0.1, -0.05) is 36.4 Å². The van der Waals surface area contributed by atoms with Crippen molar-refractivity contribution in [3.05, 3.63) is 115 Å². The molecule has 8 heteroatoms. The van der Waals surface area contributed by atoms with Gasteiger partial charge in [0.05, 0.1) is 46.2 Å². The minimum Gasteiger partial charge on any atom is -0.321 e. The fraction of sp³-hybridized carbons (Fsp3) is 0.0370. The van der Waals surface area contributed by atoms with Gasteiger partial charge in [-0.25, -0.2) is 4.98 Å². The Morgan fingerprint density at radius 3 is 2.09 bits per heavy atom. The van der Waals surface area contributed by atoms with E-state index >= 15 is 0 Å². The highest BCUT2D eigenvalue weighted by molar-refractivity contribution is 5.99. The Hall–Kier alpha value is -4.98. The summed E-state index contributed by atoms with van der Waals surface area (Å²) in [6.07, 6.45) is 7.11. The average Bonchev–Trinajstić information content (AvgIpc) is 3.34. The van der Waals surface area contributed by atoms with Crippen LogP contribution in [0.15, 0.2) is 114 Å². The molecule has 2 aromatic carbocycles. The number of rotatable bonds is 7. The molecule has 5 rings (SSSR count). The number of pyridine rings is 2. The second kappa shape index (κ2) is 10.3. The third kappa shape index (κ3) is 5.17. The Labute approximate surface area is 201 Å². The molecular weight excluding hydrogens is 438 g/mol. The molecular formula is C27H21N7O. The van der Waals surface area contributed by atoms with Crippen molar-refractivity contribution in [3.63, 3.8) is 0 Å². The fourth-order valence-corrected chi connectivity index (χ4v) is 3.51. The first-order chi connectivity index (χ1) is 17.3. The molecule has 35 heavy (non-hydrogen) atoms. The summed E-state index contributed by atoms with van der Waals surface area (Å²) in [5.41, 5.74) is 4.47. The molecule has 1 N–H and O–H groups in total. The lowest BCUT2D eigenvalue weighted by atomic mass is 10.2. The Balaban J connectivity index is 1.45. The zero-order valence-electron chi connectivity index (χ0n) is 18.6. The number of amides is 1. The van der Waals surface area contributed by atoms with Crippen LogP contribution in [0.1, 0.15) is 11.4 Å². The monoisotopic (exact) mass is 459 g/mol. The van der Waals surface area contributed by atoms with Gasteiger partial charge in [-0.2, -0.15) is 0 Å². The van der Waals surface area contributed by atoms with Gasteiger partial charge in [-0.3, -0.25) is 29.3 Å². The quantitative estimate of drug-likeness (QED) is 0.367. The maximum absolute atomic E-state index is 13.3. The zero-order valence-corrected chi connectivity index (χ0v) is 18.6. The summed E-state index contributed by atoms with van der Waals surface area (Å²) in [6.45, 7) is 0. The highest BCUT2D eigenvalue weighted by Gasteiger charge is 2.18. The van der Waals surface area contributed by atoms with E-state index in [2.05, 4.69) is 30.3 Å². The molecule has 0 unspecified atom stereocenters. The van der Waals surface area contributed by atoms with Gasteiger partial charge in [0.15, 0.2) is 0 Å². The summed E-state index contributed by atoms with van der Waals surface area (Å²) in [5, 5.41) is 2.98. The summed E-state index contributed by atoms with van der Waals surface area (Å²) in [5.74, 6) is -0.388. The van der Waals surface area contributed by atoms with Crippen molar-refractivity contribution in [3.8, 4) is 5.69 Å². The Morgan fingerprint density at radius 2 is 1.40 bits per heavy atom. The predicted molar refractivity (Wildman–Crippen MR) is 137 cm³/mol. The van der Waals surface area contributed by atoms with E-state index in [9.17, 15) is 4.79 Å². The molecule has 3 heterocycles. The van der Waals surface area contributed by atoms with E-state index in [0.717, 1.165) is 16.7 Å². The number of aromatic nitrogens is 4. The van der Waals surface area contributed by atoms with Crippen LogP contribution in [0.25, 0.3) is 16.7 Å². The number of carbonyl (C=O) groups is 1. The van der Waals surface area contributed by atoms with E-state index in [1.807, 2.05) is 77.4 Å². The van der Waals surface area contributed by atoms with Crippen LogP contribution in [0.4, 0.5) is 5.69 Å². The molecule has 0 saturated carbocycles. The van der Waals surface area contributed by atoms with Crippen molar-refractivity contribution >= 4 is 35.1 Å². The minimum absolute atomic E-state index is 0.388. The number of benzene rings is 2. The van der Waals surface area contributed by atoms with Gasteiger partial charge >= 0.3 is 0 Å². The number of carbonyl (C=O) groups excluding carboxylic acids is 1. The summed E-state index contributed by atoms with van der Waals surface area (Å²) in [4.78, 5) is 35.1. The van der Waals surface area contributed by atoms with E-state index in [1.54, 1.807) is 30.9 Å². The molecule has 0 aliphatic carbocycles. The number of aliphatic imine (C=N–C) groups is 2. The van der Waals surface area contributed by atoms with Gasteiger partial charge in [0.1, 0.15) is 6.33 Å². The van der Waals surface area contributed by atoms with Crippen molar-refractivity contribution in [2.45, 2.75) is 6.17 Å². The maximum Gasteiger partial charge on any atom is 0.271 e. The van der Waals surface area contributed by atoms with E-state index in [4.69, 9.17) is 0 Å². The molecule has 170 valence electrons. The van der Waals surface area contributed by atoms with Crippen LogP contribution in [0.3, 0.4) is 0 Å². The lowest BCUT2D eigenvalue weighted by Gasteiger charge is -2.14. The van der Waals surface area contributed by atoms with Gasteiger partial charge < -0.3 is 5.32 Å². The fourth-order valence-electron chi connectivity index (χ4n) is 3.51. The SMILES string of the molecule is O=C(Nc1ccccc1-n1cnc2ccccc21)C(/N=C/c1ccccn1)/N=C/c1ccccn1. The van der Waals surface area contributed by atoms with Gasteiger partial charge in [0, 0.05) is 12.4 Å². The van der Waals surface area contributed by atoms with Gasteiger partial charge in [-0.05, 0) is 48.5 Å². The van der Waals surface area contributed by atoms with E-state index in [1.165, 1.54) is 12.4 Å². The molecule has 0 fully saturated rings. The highest BCUT2D eigenvalue weighted by atomic mass is 16.2. The molecule has 0 spiro atoms. The van der Waals surface area contributed by atoms with E-state index < -0.39 is 6.17 Å². The summed E-state index contributed by atoms with van der Waals surface area (Å²) >= 11 is 0. The van der Waals surface area contributed by atoms with Crippen molar-refractivity contribution in [2.24, 2.45) is 9.98 Å². The summed E-state index contributed by atoms with van der Waals surface area (Å²) < 4.78 is 1.94. The van der Waals surface area contributed by atoms with Gasteiger partial charge in [0.25, 0.3) is 5.91 Å². The van der Waals surface area contributed by atoms with Crippen molar-refractivity contribution < 1.29 is 4.79 Å². The standard InChI is InChI=1S/C27H21N7O/c35-27(26(30-17-20-9-5-7-15-28-20)31-18-21-10-6-8-16-29-21)33-23-12-2-4-14-25(23)34-19-32-22-11-1-3-13-24(22)34/h1-19,26H,(H,33,35)/b30-17+,31-18+. The molecule has 0 aliphatic heterocycles. The van der Waals surface area contributed by atoms with E-state index in [-0.39, 0.29) is 5.91 Å². The molecule has 0 aliphatic rings. The minimum atomic E-state index is -1.04. The molecule has 5 aromatic rings. The van der Waals surface area contributed by atoms with Crippen LogP contribution in [-0.4, -0.2) is 44.0 Å². The van der Waals surface area contributed by atoms with Crippen LogP contribution in [0, 0.1) is 0 Å². The smallest absolute Gasteiger partial charge is 0.271 e. The first-order valence-electron chi connectivity index (χ1n) is 11.0. The lowest BCUT2D eigenvalue weighted by Crippen LogP contribution is -2.26. The summed E-state index contributed by atoms with van der Waals surface area (Å²) in [6, 6.07) is 26.3. The van der Waals surface area contributed by atoms with Crippen LogP contribution in [0.2, 0.25) is 0 Å². The molecule has 1 amide bonds. The van der Waals surface area contributed by atoms with Crippen LogP contribution in [-0.2, 0) is 4.79 Å². The normalized spacial score (nSPS) is 11.6.